The molecule has 0 atom stereocenters. The first-order valence-corrected chi connectivity index (χ1v) is 6.97. The minimum atomic E-state index is 0.888. The normalized spacial score (nSPS) is 18.0. The van der Waals surface area contributed by atoms with E-state index in [1.54, 1.807) is 5.56 Å². The summed E-state index contributed by atoms with van der Waals surface area (Å²) < 4.78 is 1.44. The second-order valence-corrected chi connectivity index (χ2v) is 5.57. The van der Waals surface area contributed by atoms with Crippen molar-refractivity contribution in [3.8, 4) is 0 Å². The smallest absolute Gasteiger partial charge is 0.0345 e. The molecule has 2 heterocycles. The molecule has 1 aromatic heterocycles. The van der Waals surface area contributed by atoms with Gasteiger partial charge >= 0.3 is 0 Å². The van der Waals surface area contributed by atoms with Gasteiger partial charge in [-0.15, -0.1) is 11.3 Å². The first-order chi connectivity index (χ1) is 7.93. The van der Waals surface area contributed by atoms with Crippen LogP contribution in [0.4, 0.5) is 0 Å². The monoisotopic (exact) mass is 231 g/mol. The van der Waals surface area contributed by atoms with Gasteiger partial charge in [0.1, 0.15) is 0 Å². The molecule has 0 bridgehead atoms. The Labute approximate surface area is 100 Å². The zero-order valence-corrected chi connectivity index (χ0v) is 10.2. The molecule has 0 radical (unpaired) electrons. The van der Waals surface area contributed by atoms with Gasteiger partial charge in [0.2, 0.25) is 0 Å². The summed E-state index contributed by atoms with van der Waals surface area (Å²) in [6, 6.07) is 8.78. The van der Waals surface area contributed by atoms with E-state index in [2.05, 4.69) is 35.0 Å². The Kier molecular flexibility index (Phi) is 2.94. The zero-order valence-electron chi connectivity index (χ0n) is 9.41. The van der Waals surface area contributed by atoms with Crippen molar-refractivity contribution in [1.82, 2.24) is 5.32 Å². The lowest BCUT2D eigenvalue weighted by Crippen LogP contribution is -2.28. The van der Waals surface area contributed by atoms with Crippen LogP contribution in [0.2, 0.25) is 0 Å². The second kappa shape index (κ2) is 4.56. The van der Waals surface area contributed by atoms with E-state index in [1.807, 2.05) is 11.3 Å². The van der Waals surface area contributed by atoms with E-state index in [9.17, 15) is 0 Å². The molecule has 16 heavy (non-hydrogen) atoms. The van der Waals surface area contributed by atoms with Crippen LogP contribution in [-0.4, -0.2) is 13.1 Å². The number of rotatable bonds is 2. The Balaban J connectivity index is 1.83. The molecule has 2 aromatic rings. The summed E-state index contributed by atoms with van der Waals surface area (Å²) in [4.78, 5) is 0. The molecule has 0 amide bonds. The summed E-state index contributed by atoms with van der Waals surface area (Å²) in [7, 11) is 0. The first-order valence-electron chi connectivity index (χ1n) is 6.09. The fourth-order valence-electron chi connectivity index (χ4n) is 2.59. The van der Waals surface area contributed by atoms with Gasteiger partial charge in [-0.1, -0.05) is 18.2 Å². The van der Waals surface area contributed by atoms with Gasteiger partial charge in [0.05, 0.1) is 0 Å². The highest BCUT2D eigenvalue weighted by molar-refractivity contribution is 7.17. The van der Waals surface area contributed by atoms with Crippen LogP contribution in [0.5, 0.6) is 0 Å². The summed E-state index contributed by atoms with van der Waals surface area (Å²) in [6.45, 7) is 2.40. The highest BCUT2D eigenvalue weighted by Gasteiger charge is 2.15. The predicted molar refractivity (Wildman–Crippen MR) is 71.1 cm³/mol. The third-order valence-corrected chi connectivity index (χ3v) is 4.54. The van der Waals surface area contributed by atoms with E-state index < -0.39 is 0 Å². The van der Waals surface area contributed by atoms with Crippen LogP contribution >= 0.6 is 11.3 Å². The largest absolute Gasteiger partial charge is 0.317 e. The number of hydrogen-bond donors (Lipinski definition) is 1. The van der Waals surface area contributed by atoms with Gasteiger partial charge in [-0.3, -0.25) is 0 Å². The molecule has 1 aliphatic heterocycles. The van der Waals surface area contributed by atoms with Gasteiger partial charge in [0.15, 0.2) is 0 Å². The summed E-state index contributed by atoms with van der Waals surface area (Å²) in [5, 5.41) is 7.27. The minimum absolute atomic E-state index is 0.888. The maximum atomic E-state index is 3.43. The zero-order chi connectivity index (χ0) is 10.8. The number of piperidine rings is 1. The molecule has 1 N–H and O–H groups in total. The molecule has 84 valence electrons. The van der Waals surface area contributed by atoms with Crippen LogP contribution in [0.1, 0.15) is 18.4 Å². The lowest BCUT2D eigenvalue weighted by Gasteiger charge is -2.22. The molecule has 1 aromatic carbocycles. The van der Waals surface area contributed by atoms with Crippen molar-refractivity contribution in [2.75, 3.05) is 13.1 Å². The maximum absolute atomic E-state index is 3.43. The van der Waals surface area contributed by atoms with Gasteiger partial charge in [-0.2, -0.15) is 0 Å². The third kappa shape index (κ3) is 2.00. The predicted octanol–water partition coefficient (Wildman–Crippen LogP) is 3.44. The minimum Gasteiger partial charge on any atom is -0.317 e. The van der Waals surface area contributed by atoms with Crippen molar-refractivity contribution in [2.45, 2.75) is 19.3 Å². The van der Waals surface area contributed by atoms with Crippen molar-refractivity contribution in [3.05, 3.63) is 35.2 Å². The number of nitrogens with one attached hydrogen (secondary N) is 1. The van der Waals surface area contributed by atoms with Gasteiger partial charge in [0, 0.05) is 4.70 Å². The number of thiophene rings is 1. The van der Waals surface area contributed by atoms with E-state index in [-0.39, 0.29) is 0 Å². The molecule has 1 nitrogen and oxygen atoms in total. The lowest BCUT2D eigenvalue weighted by atomic mass is 9.91. The van der Waals surface area contributed by atoms with Crippen LogP contribution in [0.3, 0.4) is 0 Å². The molecule has 0 saturated carbocycles. The fourth-order valence-corrected chi connectivity index (χ4v) is 3.56. The average molecular weight is 231 g/mol. The van der Waals surface area contributed by atoms with Gasteiger partial charge in [-0.25, -0.2) is 0 Å². The summed E-state index contributed by atoms with van der Waals surface area (Å²) in [5.41, 5.74) is 1.56. The molecule has 1 fully saturated rings. The highest BCUT2D eigenvalue weighted by Crippen LogP contribution is 2.29. The topological polar surface area (TPSA) is 12.0 Å². The number of hydrogen-bond acceptors (Lipinski definition) is 2. The number of fused-ring (bicyclic) bond motifs is 1. The molecule has 0 aliphatic carbocycles. The summed E-state index contributed by atoms with van der Waals surface area (Å²) in [5.74, 6) is 0.888. The molecule has 0 spiro atoms. The van der Waals surface area contributed by atoms with Crippen LogP contribution in [0.25, 0.3) is 10.1 Å². The van der Waals surface area contributed by atoms with Gasteiger partial charge < -0.3 is 5.32 Å². The van der Waals surface area contributed by atoms with E-state index in [1.165, 1.54) is 42.4 Å². The molecular formula is C14H17NS. The molecule has 1 aliphatic rings. The molecule has 3 rings (SSSR count). The number of benzene rings is 1. The third-order valence-electron chi connectivity index (χ3n) is 3.53. The first kappa shape index (κ1) is 10.3. The maximum Gasteiger partial charge on any atom is 0.0345 e. The Bertz CT molecular complexity index is 468. The quantitative estimate of drug-likeness (QED) is 0.835. The Morgan fingerprint density at radius 1 is 1.19 bits per heavy atom. The van der Waals surface area contributed by atoms with Gasteiger partial charge in [-0.05, 0) is 60.7 Å². The highest BCUT2D eigenvalue weighted by atomic mass is 32.1. The van der Waals surface area contributed by atoms with E-state index in [0.717, 1.165) is 5.92 Å². The molecule has 0 unspecified atom stereocenters. The Hall–Kier alpha value is -0.860. The molecule has 1 saturated heterocycles. The van der Waals surface area contributed by atoms with Crippen LogP contribution in [0, 0.1) is 5.92 Å². The molecular weight excluding hydrogens is 214 g/mol. The lowest BCUT2D eigenvalue weighted by molar-refractivity contribution is 0.373. The van der Waals surface area contributed by atoms with E-state index >= 15 is 0 Å². The van der Waals surface area contributed by atoms with Crippen molar-refractivity contribution in [2.24, 2.45) is 5.92 Å². The molecule has 2 heteroatoms. The Morgan fingerprint density at radius 3 is 2.88 bits per heavy atom. The summed E-state index contributed by atoms with van der Waals surface area (Å²) in [6.07, 6.45) is 3.94. The standard InChI is InChI=1S/C14H17NS/c1-2-4-14-13(3-1)12(10-16-14)9-11-5-7-15-8-6-11/h1-4,10-11,15H,5-9H2. The summed E-state index contributed by atoms with van der Waals surface area (Å²) >= 11 is 1.89. The van der Waals surface area contributed by atoms with Crippen molar-refractivity contribution < 1.29 is 0 Å². The van der Waals surface area contributed by atoms with Crippen LogP contribution in [0.15, 0.2) is 29.6 Å². The van der Waals surface area contributed by atoms with Crippen LogP contribution < -0.4 is 5.32 Å². The van der Waals surface area contributed by atoms with Crippen LogP contribution in [-0.2, 0) is 6.42 Å². The Morgan fingerprint density at radius 2 is 2.00 bits per heavy atom. The van der Waals surface area contributed by atoms with Crippen molar-refractivity contribution in [3.63, 3.8) is 0 Å². The van der Waals surface area contributed by atoms with Gasteiger partial charge in [0.25, 0.3) is 0 Å². The second-order valence-electron chi connectivity index (χ2n) is 4.65. The van der Waals surface area contributed by atoms with Crippen molar-refractivity contribution in [1.29, 1.82) is 0 Å². The average Bonchev–Trinajstić information content (AvgIpc) is 2.74. The van der Waals surface area contributed by atoms with Crippen molar-refractivity contribution >= 4 is 21.4 Å². The fraction of sp³-hybridized carbons (Fsp3) is 0.429. The van der Waals surface area contributed by atoms with E-state index in [0.29, 0.717) is 0 Å². The SMILES string of the molecule is c1ccc2c(CC3CCNCC3)csc2c1. The van der Waals surface area contributed by atoms with E-state index in [4.69, 9.17) is 0 Å².